The maximum Gasteiger partial charge on any atom is 0.355 e. The van der Waals surface area contributed by atoms with Crippen molar-refractivity contribution in [2.45, 2.75) is 0 Å². The number of nitrogens with zero attached hydrogens (tertiary/aromatic N) is 2. The van der Waals surface area contributed by atoms with Gasteiger partial charge in [-0.15, -0.1) is 11.3 Å². The minimum atomic E-state index is -1.13. The van der Waals surface area contributed by atoms with E-state index in [9.17, 15) is 14.9 Å². The quantitative estimate of drug-likeness (QED) is 0.663. The number of carbonyl (C=O) groups is 1. The number of rotatable bonds is 4. The number of halogens is 1. The van der Waals surface area contributed by atoms with Crippen molar-refractivity contribution in [1.29, 1.82) is 0 Å². The molecule has 2 rings (SSSR count). The van der Waals surface area contributed by atoms with Crippen LogP contribution in [0.2, 0.25) is 5.02 Å². The van der Waals surface area contributed by atoms with Gasteiger partial charge in [0.05, 0.1) is 4.92 Å². The van der Waals surface area contributed by atoms with Crippen molar-refractivity contribution < 1.29 is 14.8 Å². The van der Waals surface area contributed by atoms with Crippen LogP contribution in [0.5, 0.6) is 0 Å². The van der Waals surface area contributed by atoms with E-state index in [1.165, 1.54) is 23.6 Å². The second kappa shape index (κ2) is 5.21. The molecule has 0 aliphatic heterocycles. The second-order valence-electron chi connectivity index (χ2n) is 3.39. The van der Waals surface area contributed by atoms with E-state index in [0.717, 1.165) is 11.3 Å². The number of thiazole rings is 1. The Bertz CT molecular complexity index is 658. The summed E-state index contributed by atoms with van der Waals surface area (Å²) < 4.78 is 0. The molecule has 0 aliphatic carbocycles. The summed E-state index contributed by atoms with van der Waals surface area (Å²) >= 11 is 6.76. The van der Waals surface area contributed by atoms with Crippen molar-refractivity contribution in [1.82, 2.24) is 4.98 Å². The van der Waals surface area contributed by atoms with Crippen LogP contribution in [-0.4, -0.2) is 21.0 Å². The highest BCUT2D eigenvalue weighted by atomic mass is 35.5. The van der Waals surface area contributed by atoms with E-state index in [0.29, 0.717) is 10.8 Å². The Morgan fingerprint density at radius 2 is 2.26 bits per heavy atom. The van der Waals surface area contributed by atoms with Crippen LogP contribution in [0.25, 0.3) is 0 Å². The van der Waals surface area contributed by atoms with Crippen LogP contribution in [0.4, 0.5) is 16.5 Å². The lowest BCUT2D eigenvalue weighted by Crippen LogP contribution is -1.97. The summed E-state index contributed by atoms with van der Waals surface area (Å²) in [6.07, 6.45) is 0. The maximum absolute atomic E-state index is 10.7. The molecule has 0 aliphatic rings. The molecule has 1 aromatic heterocycles. The topological polar surface area (TPSA) is 105 Å². The zero-order valence-corrected chi connectivity index (χ0v) is 10.7. The largest absolute Gasteiger partial charge is 0.476 e. The summed E-state index contributed by atoms with van der Waals surface area (Å²) in [6, 6.07) is 4.18. The lowest BCUT2D eigenvalue weighted by Gasteiger charge is -2.02. The first-order chi connectivity index (χ1) is 8.97. The van der Waals surface area contributed by atoms with Gasteiger partial charge in [0.15, 0.2) is 10.8 Å². The lowest BCUT2D eigenvalue weighted by molar-refractivity contribution is -0.384. The Morgan fingerprint density at radius 1 is 1.53 bits per heavy atom. The fourth-order valence-electron chi connectivity index (χ4n) is 1.28. The first-order valence-electron chi connectivity index (χ1n) is 4.87. The summed E-state index contributed by atoms with van der Waals surface area (Å²) in [4.78, 5) is 24.6. The van der Waals surface area contributed by atoms with Crippen molar-refractivity contribution in [3.8, 4) is 0 Å². The van der Waals surface area contributed by atoms with Crippen LogP contribution in [0.1, 0.15) is 10.5 Å². The fourth-order valence-corrected chi connectivity index (χ4v) is 2.17. The van der Waals surface area contributed by atoms with Crippen molar-refractivity contribution in [2.24, 2.45) is 0 Å². The van der Waals surface area contributed by atoms with Crippen LogP contribution >= 0.6 is 22.9 Å². The van der Waals surface area contributed by atoms with E-state index < -0.39 is 10.9 Å². The molecule has 7 nitrogen and oxygen atoms in total. The average molecular weight is 300 g/mol. The number of aromatic nitrogens is 1. The van der Waals surface area contributed by atoms with Gasteiger partial charge in [0.25, 0.3) is 5.69 Å². The third-order valence-corrected chi connectivity index (χ3v) is 3.19. The molecule has 0 spiro atoms. The van der Waals surface area contributed by atoms with Gasteiger partial charge in [-0.1, -0.05) is 11.6 Å². The average Bonchev–Trinajstić information content (AvgIpc) is 2.80. The Morgan fingerprint density at radius 3 is 2.84 bits per heavy atom. The molecule has 2 N–H and O–H groups in total. The molecule has 98 valence electrons. The molecule has 0 unspecified atom stereocenters. The summed E-state index contributed by atoms with van der Waals surface area (Å²) in [5.41, 5.74) is 0.0834. The number of aromatic carboxylic acids is 1. The Labute approximate surface area is 115 Å². The SMILES string of the molecule is O=C(O)c1csc(Nc2ccc(Cl)c([N+](=O)[O-])c2)n1. The maximum atomic E-state index is 10.7. The minimum absolute atomic E-state index is 0.0286. The molecule has 0 atom stereocenters. The van der Waals surface area contributed by atoms with Crippen LogP contribution in [0.15, 0.2) is 23.6 Å². The summed E-state index contributed by atoms with van der Waals surface area (Å²) in [5, 5.41) is 24.0. The third kappa shape index (κ3) is 2.98. The molecule has 9 heteroatoms. The number of carboxylic acid groups (broad SMARTS) is 1. The van der Waals surface area contributed by atoms with Gasteiger partial charge in [-0.05, 0) is 12.1 Å². The summed E-state index contributed by atoms with van der Waals surface area (Å²) in [6.45, 7) is 0. The van der Waals surface area contributed by atoms with Gasteiger partial charge < -0.3 is 10.4 Å². The van der Waals surface area contributed by atoms with E-state index in [1.807, 2.05) is 0 Å². The molecule has 2 aromatic rings. The van der Waals surface area contributed by atoms with Crippen LogP contribution in [0, 0.1) is 10.1 Å². The van der Waals surface area contributed by atoms with Crippen molar-refractivity contribution in [3.05, 3.63) is 44.4 Å². The van der Waals surface area contributed by atoms with E-state index >= 15 is 0 Å². The molecular weight excluding hydrogens is 294 g/mol. The third-order valence-electron chi connectivity index (χ3n) is 2.12. The highest BCUT2D eigenvalue weighted by Crippen LogP contribution is 2.29. The highest BCUT2D eigenvalue weighted by molar-refractivity contribution is 7.14. The van der Waals surface area contributed by atoms with Crippen LogP contribution in [-0.2, 0) is 0 Å². The molecule has 1 heterocycles. The summed E-state index contributed by atoms with van der Waals surface area (Å²) in [7, 11) is 0. The van der Waals surface area contributed by atoms with E-state index in [1.54, 1.807) is 0 Å². The highest BCUT2D eigenvalue weighted by Gasteiger charge is 2.14. The number of hydrogen-bond acceptors (Lipinski definition) is 6. The molecule has 1 aromatic carbocycles. The predicted molar refractivity (Wildman–Crippen MR) is 70.5 cm³/mol. The van der Waals surface area contributed by atoms with Crippen molar-refractivity contribution in [2.75, 3.05) is 5.32 Å². The van der Waals surface area contributed by atoms with Gasteiger partial charge in [0.1, 0.15) is 5.02 Å². The molecule has 0 fully saturated rings. The van der Waals surface area contributed by atoms with Crippen molar-refractivity contribution in [3.63, 3.8) is 0 Å². The number of benzene rings is 1. The molecular formula is C10H6ClN3O4S. The molecule has 0 amide bonds. The van der Waals surface area contributed by atoms with Gasteiger partial charge in [-0.2, -0.15) is 0 Å². The zero-order valence-electron chi connectivity index (χ0n) is 9.16. The molecule has 0 saturated heterocycles. The Balaban J connectivity index is 2.25. The number of nitro groups is 1. The zero-order chi connectivity index (χ0) is 14.0. The Kier molecular flexibility index (Phi) is 3.63. The molecule has 0 saturated carbocycles. The predicted octanol–water partition coefficient (Wildman–Crippen LogP) is 3.15. The minimum Gasteiger partial charge on any atom is -0.476 e. The van der Waals surface area contributed by atoms with Gasteiger partial charge in [-0.3, -0.25) is 10.1 Å². The van der Waals surface area contributed by atoms with Gasteiger partial charge in [0.2, 0.25) is 0 Å². The fraction of sp³-hybridized carbons (Fsp3) is 0. The first kappa shape index (κ1) is 13.2. The number of nitro benzene ring substituents is 1. The van der Waals surface area contributed by atoms with Crippen LogP contribution in [0.3, 0.4) is 0 Å². The van der Waals surface area contributed by atoms with Gasteiger partial charge in [0, 0.05) is 17.1 Å². The summed E-state index contributed by atoms with van der Waals surface area (Å²) in [5.74, 6) is -1.13. The number of nitrogens with one attached hydrogen (secondary N) is 1. The molecule has 0 bridgehead atoms. The van der Waals surface area contributed by atoms with Gasteiger partial charge in [-0.25, -0.2) is 9.78 Å². The van der Waals surface area contributed by atoms with Crippen molar-refractivity contribution >= 4 is 45.4 Å². The van der Waals surface area contributed by atoms with Gasteiger partial charge >= 0.3 is 5.97 Å². The molecule has 19 heavy (non-hydrogen) atoms. The van der Waals surface area contributed by atoms with E-state index in [2.05, 4.69) is 10.3 Å². The smallest absolute Gasteiger partial charge is 0.355 e. The molecule has 0 radical (unpaired) electrons. The van der Waals surface area contributed by atoms with E-state index in [4.69, 9.17) is 16.7 Å². The van der Waals surface area contributed by atoms with E-state index in [-0.39, 0.29) is 16.4 Å². The number of carboxylic acids is 1. The second-order valence-corrected chi connectivity index (χ2v) is 4.66. The monoisotopic (exact) mass is 299 g/mol. The first-order valence-corrected chi connectivity index (χ1v) is 6.13. The standard InChI is InChI=1S/C10H6ClN3O4S/c11-6-2-1-5(3-8(6)14(17)18)12-10-13-7(4-19-10)9(15)16/h1-4H,(H,12,13)(H,15,16). The number of anilines is 2. The number of hydrogen-bond donors (Lipinski definition) is 2. The normalized spacial score (nSPS) is 10.2. The Hall–Kier alpha value is -2.19. The van der Waals surface area contributed by atoms with Crippen LogP contribution < -0.4 is 5.32 Å². The lowest BCUT2D eigenvalue weighted by atomic mass is 10.3.